The summed E-state index contributed by atoms with van der Waals surface area (Å²) in [5.74, 6) is 1.62. The van der Waals surface area contributed by atoms with Gasteiger partial charge in [0.25, 0.3) is 5.03 Å². The number of aromatic nitrogens is 1. The quantitative estimate of drug-likeness (QED) is 0.448. The van der Waals surface area contributed by atoms with E-state index in [-0.39, 0.29) is 17.8 Å². The second-order valence-corrected chi connectivity index (χ2v) is 6.58. The summed E-state index contributed by atoms with van der Waals surface area (Å²) >= 11 is 1.24. The third-order valence-corrected chi connectivity index (χ3v) is 4.86. The molecule has 0 N–H and O–H groups in total. The number of fused-ring (bicyclic) bond motifs is 1. The highest BCUT2D eigenvalue weighted by atomic mass is 32.2. The van der Waals surface area contributed by atoms with Crippen molar-refractivity contribution in [1.29, 1.82) is 0 Å². The molecule has 132 valence electrons. The minimum absolute atomic E-state index is 0.0289. The molecule has 0 fully saturated rings. The van der Waals surface area contributed by atoms with Gasteiger partial charge in [-0.2, -0.15) is 4.73 Å². The van der Waals surface area contributed by atoms with Crippen LogP contribution in [-0.4, -0.2) is 42.4 Å². The topological polar surface area (TPSA) is 65.7 Å². The van der Waals surface area contributed by atoms with Crippen LogP contribution in [0, 0.1) is 5.21 Å². The number of rotatable bonds is 6. The van der Waals surface area contributed by atoms with E-state index in [9.17, 15) is 10.0 Å². The van der Waals surface area contributed by atoms with Crippen molar-refractivity contribution in [3.63, 3.8) is 0 Å². The van der Waals surface area contributed by atoms with Gasteiger partial charge in [0, 0.05) is 18.7 Å². The standard InChI is InChI=1S/C18H20N2O4S/c1-2-19(17(21)13-25-18-9-5-6-10-20(18)22)11-14-12-23-15-7-3-4-8-16(15)24-14/h3-10,14H,2,11-13H2,1H3/t14-/m1/s1. The van der Waals surface area contributed by atoms with E-state index in [0.717, 1.165) is 10.5 Å². The maximum atomic E-state index is 12.5. The lowest BCUT2D eigenvalue weighted by molar-refractivity contribution is -0.645. The number of para-hydroxylation sites is 2. The van der Waals surface area contributed by atoms with Crippen LogP contribution in [0.5, 0.6) is 11.5 Å². The first-order chi connectivity index (χ1) is 12.2. The van der Waals surface area contributed by atoms with Crippen molar-refractivity contribution < 1.29 is 19.0 Å². The van der Waals surface area contributed by atoms with Gasteiger partial charge in [-0.15, -0.1) is 0 Å². The Balaban J connectivity index is 1.55. The first-order valence-corrected chi connectivity index (χ1v) is 9.13. The van der Waals surface area contributed by atoms with E-state index in [2.05, 4.69) is 0 Å². The van der Waals surface area contributed by atoms with Crippen LogP contribution >= 0.6 is 11.8 Å². The summed E-state index contributed by atoms with van der Waals surface area (Å²) in [7, 11) is 0. The predicted molar refractivity (Wildman–Crippen MR) is 94.7 cm³/mol. The molecule has 1 aliphatic heterocycles. The lowest BCUT2D eigenvalue weighted by Gasteiger charge is -2.30. The number of hydrogen-bond donors (Lipinski definition) is 0. The fraction of sp³-hybridized carbons (Fsp3) is 0.333. The minimum Gasteiger partial charge on any atom is -0.618 e. The van der Waals surface area contributed by atoms with Gasteiger partial charge in [-0.3, -0.25) is 4.79 Å². The number of ether oxygens (including phenoxy) is 2. The average molecular weight is 360 g/mol. The third-order valence-electron chi connectivity index (χ3n) is 3.86. The number of likely N-dealkylation sites (N-methyl/N-ethyl adjacent to an activating group) is 1. The average Bonchev–Trinajstić information content (AvgIpc) is 2.65. The number of nitrogens with zero attached hydrogens (tertiary/aromatic N) is 2. The predicted octanol–water partition coefficient (Wildman–Crippen LogP) is 2.10. The highest BCUT2D eigenvalue weighted by Gasteiger charge is 2.25. The van der Waals surface area contributed by atoms with Crippen molar-refractivity contribution in [2.45, 2.75) is 18.1 Å². The molecule has 1 aromatic heterocycles. The van der Waals surface area contributed by atoms with Crippen LogP contribution in [0.4, 0.5) is 0 Å². The Kier molecular flexibility index (Phi) is 5.65. The maximum Gasteiger partial charge on any atom is 0.251 e. The molecule has 0 aliphatic carbocycles. The molecule has 0 bridgehead atoms. The summed E-state index contributed by atoms with van der Waals surface area (Å²) in [5, 5.41) is 12.2. The summed E-state index contributed by atoms with van der Waals surface area (Å²) in [4.78, 5) is 14.2. The number of carbonyl (C=O) groups is 1. The number of amides is 1. The first-order valence-electron chi connectivity index (χ1n) is 8.14. The zero-order chi connectivity index (χ0) is 17.6. The number of hydrogen-bond acceptors (Lipinski definition) is 5. The molecule has 2 heterocycles. The van der Waals surface area contributed by atoms with Crippen LogP contribution in [0.25, 0.3) is 0 Å². The normalized spacial score (nSPS) is 15.6. The van der Waals surface area contributed by atoms with Crippen LogP contribution in [0.3, 0.4) is 0 Å². The summed E-state index contributed by atoms with van der Waals surface area (Å²) in [6.45, 7) is 3.37. The lowest BCUT2D eigenvalue weighted by atomic mass is 10.2. The Morgan fingerprint density at radius 1 is 1.28 bits per heavy atom. The minimum atomic E-state index is -0.204. The largest absolute Gasteiger partial charge is 0.618 e. The number of carbonyl (C=O) groups excluding carboxylic acids is 1. The first kappa shape index (κ1) is 17.4. The smallest absolute Gasteiger partial charge is 0.251 e. The Bertz CT molecular complexity index is 741. The van der Waals surface area contributed by atoms with Crippen LogP contribution < -0.4 is 14.2 Å². The van der Waals surface area contributed by atoms with Crippen molar-refractivity contribution >= 4 is 17.7 Å². The molecule has 6 nitrogen and oxygen atoms in total. The molecule has 2 aromatic rings. The number of thioether (sulfide) groups is 1. The highest BCUT2D eigenvalue weighted by molar-refractivity contribution is 7.99. The van der Waals surface area contributed by atoms with Gasteiger partial charge in [0.1, 0.15) is 6.61 Å². The third kappa shape index (κ3) is 4.36. The SMILES string of the molecule is CCN(C[C@@H]1COc2ccccc2O1)C(=O)CSc1cccc[n+]1[O-]. The van der Waals surface area contributed by atoms with Crippen molar-refractivity contribution in [3.8, 4) is 11.5 Å². The van der Waals surface area contributed by atoms with Crippen LogP contribution in [0.15, 0.2) is 53.7 Å². The molecular weight excluding hydrogens is 340 g/mol. The van der Waals surface area contributed by atoms with Gasteiger partial charge in [0.15, 0.2) is 23.8 Å². The van der Waals surface area contributed by atoms with Crippen LogP contribution in [-0.2, 0) is 4.79 Å². The summed E-state index contributed by atoms with van der Waals surface area (Å²) in [6.07, 6.45) is 1.22. The lowest BCUT2D eigenvalue weighted by Crippen LogP contribution is -2.44. The number of benzene rings is 1. The fourth-order valence-corrected chi connectivity index (χ4v) is 3.37. The van der Waals surface area contributed by atoms with E-state index < -0.39 is 0 Å². The molecular formula is C18H20N2O4S. The molecule has 1 aromatic carbocycles. The zero-order valence-corrected chi connectivity index (χ0v) is 14.8. The Morgan fingerprint density at radius 3 is 2.80 bits per heavy atom. The molecule has 0 saturated heterocycles. The van der Waals surface area contributed by atoms with Gasteiger partial charge in [-0.25, -0.2) is 0 Å². The molecule has 0 saturated carbocycles. The van der Waals surface area contributed by atoms with E-state index in [4.69, 9.17) is 9.47 Å². The van der Waals surface area contributed by atoms with Crippen LogP contribution in [0.1, 0.15) is 6.92 Å². The molecule has 1 atom stereocenters. The van der Waals surface area contributed by atoms with Crippen molar-refractivity contribution in [2.24, 2.45) is 0 Å². The molecule has 25 heavy (non-hydrogen) atoms. The summed E-state index contributed by atoms with van der Waals surface area (Å²) in [6, 6.07) is 12.7. The zero-order valence-electron chi connectivity index (χ0n) is 14.0. The molecule has 1 amide bonds. The number of pyridine rings is 1. The molecule has 3 rings (SSSR count). The van der Waals surface area contributed by atoms with Gasteiger partial charge in [0.05, 0.1) is 12.3 Å². The van der Waals surface area contributed by atoms with Crippen molar-refractivity contribution in [2.75, 3.05) is 25.4 Å². The second-order valence-electron chi connectivity index (χ2n) is 5.58. The molecule has 0 spiro atoms. The molecule has 7 heteroatoms. The van der Waals surface area contributed by atoms with E-state index >= 15 is 0 Å². The van der Waals surface area contributed by atoms with Gasteiger partial charge in [-0.05, 0) is 36.9 Å². The van der Waals surface area contributed by atoms with Gasteiger partial charge in [-0.1, -0.05) is 12.1 Å². The Hall–Kier alpha value is -2.41. The van der Waals surface area contributed by atoms with Gasteiger partial charge < -0.3 is 19.6 Å². The van der Waals surface area contributed by atoms with E-state index in [1.807, 2.05) is 31.2 Å². The molecule has 0 unspecified atom stereocenters. The van der Waals surface area contributed by atoms with Gasteiger partial charge >= 0.3 is 0 Å². The molecule has 1 aliphatic rings. The van der Waals surface area contributed by atoms with E-state index in [1.165, 1.54) is 18.0 Å². The Morgan fingerprint density at radius 2 is 2.04 bits per heavy atom. The Labute approximate surface area is 150 Å². The summed E-state index contributed by atoms with van der Waals surface area (Å²) in [5.41, 5.74) is 0. The van der Waals surface area contributed by atoms with E-state index in [0.29, 0.717) is 30.5 Å². The molecule has 0 radical (unpaired) electrons. The van der Waals surface area contributed by atoms with Crippen molar-refractivity contribution in [1.82, 2.24) is 4.90 Å². The monoisotopic (exact) mass is 360 g/mol. The van der Waals surface area contributed by atoms with E-state index in [1.54, 1.807) is 23.1 Å². The fourth-order valence-electron chi connectivity index (χ4n) is 2.56. The van der Waals surface area contributed by atoms with Crippen molar-refractivity contribution in [3.05, 3.63) is 53.9 Å². The van der Waals surface area contributed by atoms with Crippen LogP contribution in [0.2, 0.25) is 0 Å². The maximum absolute atomic E-state index is 12.5. The highest BCUT2D eigenvalue weighted by Crippen LogP contribution is 2.31. The summed E-state index contributed by atoms with van der Waals surface area (Å²) < 4.78 is 12.4. The van der Waals surface area contributed by atoms with Gasteiger partial charge in [0.2, 0.25) is 5.91 Å². The second kappa shape index (κ2) is 8.11.